The van der Waals surface area contributed by atoms with E-state index in [-0.39, 0.29) is 0 Å². The van der Waals surface area contributed by atoms with Gasteiger partial charge in [-0.1, -0.05) is 0 Å². The summed E-state index contributed by atoms with van der Waals surface area (Å²) < 4.78 is 11.4. The van der Waals surface area contributed by atoms with Gasteiger partial charge in [-0.25, -0.2) is 0 Å². The predicted molar refractivity (Wildman–Crippen MR) is 64.5 cm³/mol. The summed E-state index contributed by atoms with van der Waals surface area (Å²) in [4.78, 5) is 2.66. The van der Waals surface area contributed by atoms with Gasteiger partial charge in [-0.05, 0) is 0 Å². The van der Waals surface area contributed by atoms with E-state index in [9.17, 15) is 0 Å². The summed E-state index contributed by atoms with van der Waals surface area (Å²) in [7, 11) is 0. The molecule has 3 heteroatoms. The molecular weight excluding hydrogens is 281 g/mol. The van der Waals surface area contributed by atoms with Gasteiger partial charge < -0.3 is 0 Å². The first kappa shape index (κ1) is 12.8. The van der Waals surface area contributed by atoms with Crippen molar-refractivity contribution in [2.24, 2.45) is 0 Å². The number of hydrogen-bond acceptors (Lipinski definition) is 2. The van der Waals surface area contributed by atoms with E-state index in [0.29, 0.717) is 0 Å². The molecule has 1 rings (SSSR count). The Morgan fingerprint density at radius 1 is 1.00 bits per heavy atom. The summed E-state index contributed by atoms with van der Waals surface area (Å²) >= 11 is -1.70. The average Bonchev–Trinajstić information content (AvgIpc) is 2.28. The van der Waals surface area contributed by atoms with Crippen molar-refractivity contribution in [1.82, 2.24) is 4.90 Å². The van der Waals surface area contributed by atoms with Crippen molar-refractivity contribution in [1.29, 1.82) is 0 Å². The van der Waals surface area contributed by atoms with Crippen molar-refractivity contribution in [3.05, 3.63) is 0 Å². The van der Waals surface area contributed by atoms with Crippen molar-refractivity contribution >= 4 is 18.4 Å². The van der Waals surface area contributed by atoms with E-state index in [4.69, 9.17) is 4.74 Å². The minimum absolute atomic E-state index is 0.957. The maximum atomic E-state index is 5.40. The Bertz CT molecular complexity index is 145. The molecule has 0 spiro atoms. The molecule has 0 saturated carbocycles. The monoisotopic (exact) mass is 307 g/mol. The number of rotatable bonds is 5. The van der Waals surface area contributed by atoms with Crippen LogP contribution in [-0.2, 0) is 4.74 Å². The molecule has 0 radical (unpaired) electrons. The fourth-order valence-electron chi connectivity index (χ4n) is 2.32. The van der Waals surface area contributed by atoms with Gasteiger partial charge in [-0.2, -0.15) is 0 Å². The van der Waals surface area contributed by atoms with Gasteiger partial charge in [0.25, 0.3) is 0 Å². The molecule has 84 valence electrons. The first-order chi connectivity index (χ1) is 6.76. The zero-order valence-corrected chi connectivity index (χ0v) is 12.9. The topological polar surface area (TPSA) is 12.5 Å². The van der Waals surface area contributed by atoms with Gasteiger partial charge in [0.2, 0.25) is 0 Å². The van der Waals surface area contributed by atoms with Crippen LogP contribution in [0.25, 0.3) is 0 Å². The second-order valence-corrected chi connectivity index (χ2v) is 20.0. The minimum atomic E-state index is -1.70. The van der Waals surface area contributed by atoms with Crippen LogP contribution in [0.2, 0.25) is 13.3 Å². The third kappa shape index (κ3) is 3.38. The third-order valence-corrected chi connectivity index (χ3v) is 19.9. The van der Waals surface area contributed by atoms with Crippen LogP contribution in [0.15, 0.2) is 0 Å². The van der Waals surface area contributed by atoms with E-state index in [1.807, 2.05) is 0 Å². The molecule has 1 aliphatic heterocycles. The van der Waals surface area contributed by atoms with Crippen LogP contribution < -0.4 is 0 Å². The van der Waals surface area contributed by atoms with E-state index in [2.05, 4.69) is 25.7 Å². The summed E-state index contributed by atoms with van der Waals surface area (Å²) in [6.07, 6.45) is 0. The Morgan fingerprint density at radius 3 is 1.93 bits per heavy atom. The van der Waals surface area contributed by atoms with Gasteiger partial charge in [0.15, 0.2) is 0 Å². The molecule has 14 heavy (non-hydrogen) atoms. The standard InChI is InChI=1S/C5H10NO.3C2H5.Sn/c1-6-2-4-7-5-3-6;3*1-2;/h1-5H2;3*1H2,2H3;. The Balaban J connectivity index is 2.44. The second-order valence-electron chi connectivity index (χ2n) is 4.45. The SMILES string of the molecule is C[CH2][Sn]([CH2]C)([CH2]C)[CH2]N1CCOCC1. The van der Waals surface area contributed by atoms with Crippen LogP contribution >= 0.6 is 0 Å². The number of hydrogen-bond donors (Lipinski definition) is 0. The first-order valence-electron chi connectivity index (χ1n) is 6.06. The number of nitrogens with zero attached hydrogens (tertiary/aromatic N) is 1. The number of ether oxygens (including phenoxy) is 1. The molecule has 0 atom stereocenters. The molecule has 0 N–H and O–H groups in total. The third-order valence-electron chi connectivity index (χ3n) is 3.91. The van der Waals surface area contributed by atoms with Crippen LogP contribution in [0.1, 0.15) is 20.8 Å². The Kier molecular flexibility index (Phi) is 5.78. The van der Waals surface area contributed by atoms with E-state index in [1.165, 1.54) is 31.0 Å². The summed E-state index contributed by atoms with van der Waals surface area (Å²) in [6, 6.07) is 0. The molecule has 0 aliphatic carbocycles. The van der Waals surface area contributed by atoms with Gasteiger partial charge in [0, 0.05) is 0 Å². The van der Waals surface area contributed by atoms with E-state index < -0.39 is 18.4 Å². The second kappa shape index (κ2) is 6.33. The van der Waals surface area contributed by atoms with Crippen molar-refractivity contribution in [2.45, 2.75) is 34.1 Å². The summed E-state index contributed by atoms with van der Waals surface area (Å²) in [5, 5.41) is 0. The molecule has 0 aromatic carbocycles. The molecule has 1 fully saturated rings. The summed E-state index contributed by atoms with van der Waals surface area (Å²) in [5.41, 5.74) is 0. The molecule has 0 aromatic heterocycles. The molecule has 1 saturated heterocycles. The Morgan fingerprint density at radius 2 is 1.50 bits per heavy atom. The molecule has 1 aliphatic rings. The average molecular weight is 306 g/mol. The summed E-state index contributed by atoms with van der Waals surface area (Å²) in [5.74, 6) is 0. The van der Waals surface area contributed by atoms with Crippen LogP contribution in [0, 0.1) is 0 Å². The van der Waals surface area contributed by atoms with E-state index in [0.717, 1.165) is 13.2 Å². The zero-order chi connectivity index (χ0) is 10.4. The Labute approximate surface area is 92.9 Å². The van der Waals surface area contributed by atoms with Crippen LogP contribution in [0.4, 0.5) is 0 Å². The van der Waals surface area contributed by atoms with E-state index >= 15 is 0 Å². The van der Waals surface area contributed by atoms with Crippen molar-refractivity contribution in [2.75, 3.05) is 30.9 Å². The maximum absolute atomic E-state index is 5.40. The van der Waals surface area contributed by atoms with Crippen molar-refractivity contribution < 1.29 is 4.74 Å². The van der Waals surface area contributed by atoms with Gasteiger partial charge in [-0.3, -0.25) is 0 Å². The fourth-order valence-corrected chi connectivity index (χ4v) is 12.1. The zero-order valence-electron chi connectivity index (χ0n) is 10.0. The predicted octanol–water partition coefficient (Wildman–Crippen LogP) is 2.37. The van der Waals surface area contributed by atoms with Crippen LogP contribution in [0.5, 0.6) is 0 Å². The Hall–Kier alpha value is 0.719. The molecule has 2 nitrogen and oxygen atoms in total. The first-order valence-corrected chi connectivity index (χ1v) is 14.1. The van der Waals surface area contributed by atoms with Gasteiger partial charge in [0.1, 0.15) is 0 Å². The molecule has 0 amide bonds. The summed E-state index contributed by atoms with van der Waals surface area (Å²) in [6.45, 7) is 11.5. The quantitative estimate of drug-likeness (QED) is 0.723. The normalized spacial score (nSPS) is 19.9. The number of morpholine rings is 1. The van der Waals surface area contributed by atoms with Crippen molar-refractivity contribution in [3.8, 4) is 0 Å². The molecule has 0 aromatic rings. The van der Waals surface area contributed by atoms with Gasteiger partial charge in [0.05, 0.1) is 0 Å². The van der Waals surface area contributed by atoms with Crippen molar-refractivity contribution in [3.63, 3.8) is 0 Å². The van der Waals surface area contributed by atoms with Crippen LogP contribution in [-0.4, -0.2) is 54.1 Å². The van der Waals surface area contributed by atoms with E-state index in [1.54, 1.807) is 0 Å². The fraction of sp³-hybridized carbons (Fsp3) is 1.00. The molecular formula is C11H25NOSn. The molecule has 1 heterocycles. The van der Waals surface area contributed by atoms with Gasteiger partial charge in [-0.15, -0.1) is 0 Å². The molecule has 0 unspecified atom stereocenters. The van der Waals surface area contributed by atoms with Crippen LogP contribution in [0.3, 0.4) is 0 Å². The van der Waals surface area contributed by atoms with Gasteiger partial charge >= 0.3 is 93.0 Å². The molecule has 0 bridgehead atoms.